The number of carbonyl (C=O) groups is 1. The number of amides is 1. The first-order valence-corrected chi connectivity index (χ1v) is 8.99. The van der Waals surface area contributed by atoms with Gasteiger partial charge >= 0.3 is 0 Å². The average molecular weight is 376 g/mol. The van der Waals surface area contributed by atoms with E-state index in [1.165, 1.54) is 24.3 Å². The number of carbonyl (C=O) groups excluding carboxylic acids is 1. The maximum Gasteiger partial charge on any atom is 0.225 e. The monoisotopic (exact) mass is 376 g/mol. The Labute approximate surface area is 157 Å². The fraction of sp³-hybridized carbons (Fsp3) is 0.381. The van der Waals surface area contributed by atoms with Crippen LogP contribution >= 0.6 is 0 Å². The number of halogens is 3. The first-order chi connectivity index (χ1) is 12.8. The van der Waals surface area contributed by atoms with E-state index >= 15 is 0 Å². The van der Waals surface area contributed by atoms with Crippen molar-refractivity contribution in [2.75, 3.05) is 14.1 Å². The van der Waals surface area contributed by atoms with Crippen LogP contribution < -0.4 is 5.32 Å². The maximum atomic E-state index is 13.8. The van der Waals surface area contributed by atoms with E-state index in [4.69, 9.17) is 0 Å². The van der Waals surface area contributed by atoms with Crippen molar-refractivity contribution in [3.8, 4) is 0 Å². The van der Waals surface area contributed by atoms with Crippen molar-refractivity contribution in [2.45, 2.75) is 31.3 Å². The topological polar surface area (TPSA) is 32.3 Å². The Bertz CT molecular complexity index is 808. The third kappa shape index (κ3) is 4.50. The molecular weight excluding hydrogens is 353 g/mol. The van der Waals surface area contributed by atoms with Gasteiger partial charge in [-0.05, 0) is 42.5 Å². The highest BCUT2D eigenvalue weighted by atomic mass is 19.1. The van der Waals surface area contributed by atoms with Gasteiger partial charge in [-0.15, -0.1) is 0 Å². The first-order valence-electron chi connectivity index (χ1n) is 8.99. The Hall–Kier alpha value is -2.34. The van der Waals surface area contributed by atoms with E-state index in [1.54, 1.807) is 31.1 Å². The lowest BCUT2D eigenvalue weighted by atomic mass is 9.88. The smallest absolute Gasteiger partial charge is 0.225 e. The van der Waals surface area contributed by atoms with Crippen molar-refractivity contribution in [3.05, 3.63) is 71.0 Å². The second kappa shape index (κ2) is 8.13. The van der Waals surface area contributed by atoms with Gasteiger partial charge in [0.25, 0.3) is 0 Å². The van der Waals surface area contributed by atoms with E-state index in [0.29, 0.717) is 18.4 Å². The Balaban J connectivity index is 1.74. The highest BCUT2D eigenvalue weighted by molar-refractivity contribution is 5.80. The fourth-order valence-corrected chi connectivity index (χ4v) is 3.81. The molecule has 0 saturated heterocycles. The fourth-order valence-electron chi connectivity index (χ4n) is 3.81. The second-order valence-electron chi connectivity index (χ2n) is 7.28. The molecule has 3 rings (SSSR count). The van der Waals surface area contributed by atoms with Crippen LogP contribution in [0.3, 0.4) is 0 Å². The van der Waals surface area contributed by atoms with E-state index in [1.807, 2.05) is 0 Å². The van der Waals surface area contributed by atoms with Crippen LogP contribution in [0, 0.1) is 23.4 Å². The molecule has 2 aromatic rings. The lowest BCUT2D eigenvalue weighted by molar-refractivity contribution is -0.133. The molecule has 3 nitrogen and oxygen atoms in total. The summed E-state index contributed by atoms with van der Waals surface area (Å²) in [6.45, 7) is 0.260. The molecule has 0 unspecified atom stereocenters. The molecule has 1 N–H and O–H groups in total. The van der Waals surface area contributed by atoms with Crippen LogP contribution in [-0.4, -0.2) is 30.9 Å². The zero-order valence-electron chi connectivity index (χ0n) is 15.4. The van der Waals surface area contributed by atoms with Crippen LogP contribution in [0.1, 0.15) is 29.9 Å². The molecule has 3 atom stereocenters. The zero-order valence-corrected chi connectivity index (χ0v) is 15.4. The van der Waals surface area contributed by atoms with Crippen LogP contribution in [0.5, 0.6) is 0 Å². The predicted octanol–water partition coefficient (Wildman–Crippen LogP) is 3.84. The Morgan fingerprint density at radius 1 is 1.04 bits per heavy atom. The summed E-state index contributed by atoms with van der Waals surface area (Å²) in [6, 6.07) is 9.78. The first kappa shape index (κ1) is 19.4. The lowest BCUT2D eigenvalue weighted by Crippen LogP contribution is -2.32. The van der Waals surface area contributed by atoms with E-state index < -0.39 is 11.6 Å². The number of hydrogen-bond donors (Lipinski definition) is 1. The molecule has 1 aliphatic carbocycles. The highest BCUT2D eigenvalue weighted by Gasteiger charge is 2.40. The molecule has 0 aromatic heterocycles. The van der Waals surface area contributed by atoms with Crippen LogP contribution in [0.15, 0.2) is 42.5 Å². The third-order valence-electron chi connectivity index (χ3n) is 5.22. The average Bonchev–Trinajstić information content (AvgIpc) is 3.05. The quantitative estimate of drug-likeness (QED) is 0.860. The number of benzene rings is 2. The van der Waals surface area contributed by atoms with Crippen LogP contribution in [-0.2, 0) is 11.3 Å². The molecule has 6 heteroatoms. The molecular formula is C21H23F3N2O. The van der Waals surface area contributed by atoms with Gasteiger partial charge in [0.2, 0.25) is 5.91 Å². The van der Waals surface area contributed by atoms with Gasteiger partial charge in [0.1, 0.15) is 17.5 Å². The minimum atomic E-state index is -0.606. The molecule has 1 aliphatic rings. The van der Waals surface area contributed by atoms with E-state index in [-0.39, 0.29) is 36.1 Å². The number of rotatable bonds is 5. The third-order valence-corrected chi connectivity index (χ3v) is 5.22. The van der Waals surface area contributed by atoms with Crippen LogP contribution in [0.25, 0.3) is 0 Å². The SMILES string of the molecule is CN(C)C(=O)[C@H]1C[C@@H](NCc2ccc(F)cc2F)C[C@@H]1c1ccc(F)cc1. The van der Waals surface area contributed by atoms with Gasteiger partial charge in [-0.1, -0.05) is 18.2 Å². The normalized spacial score (nSPS) is 22.0. The largest absolute Gasteiger partial charge is 0.349 e. The summed E-state index contributed by atoms with van der Waals surface area (Å²) >= 11 is 0. The predicted molar refractivity (Wildman–Crippen MR) is 97.5 cm³/mol. The molecule has 1 saturated carbocycles. The van der Waals surface area contributed by atoms with Crippen LogP contribution in [0.4, 0.5) is 13.2 Å². The molecule has 0 bridgehead atoms. The summed E-state index contributed by atoms with van der Waals surface area (Å²) < 4.78 is 40.1. The highest BCUT2D eigenvalue weighted by Crippen LogP contribution is 2.41. The number of nitrogens with zero attached hydrogens (tertiary/aromatic N) is 1. The molecule has 0 spiro atoms. The summed E-state index contributed by atoms with van der Waals surface area (Å²) in [7, 11) is 3.44. The molecule has 0 heterocycles. The van der Waals surface area contributed by atoms with Crippen molar-refractivity contribution >= 4 is 5.91 Å². The number of hydrogen-bond acceptors (Lipinski definition) is 2. The van der Waals surface area contributed by atoms with E-state index in [0.717, 1.165) is 11.6 Å². The lowest BCUT2D eigenvalue weighted by Gasteiger charge is -2.22. The van der Waals surface area contributed by atoms with Crippen molar-refractivity contribution in [1.29, 1.82) is 0 Å². The molecule has 0 radical (unpaired) electrons. The van der Waals surface area contributed by atoms with Gasteiger partial charge in [0.15, 0.2) is 0 Å². The molecule has 144 valence electrons. The van der Waals surface area contributed by atoms with Gasteiger partial charge in [-0.3, -0.25) is 4.79 Å². The van der Waals surface area contributed by atoms with Gasteiger partial charge in [0, 0.05) is 44.2 Å². The zero-order chi connectivity index (χ0) is 19.6. The van der Waals surface area contributed by atoms with Crippen molar-refractivity contribution in [3.63, 3.8) is 0 Å². The molecule has 1 fully saturated rings. The van der Waals surface area contributed by atoms with Gasteiger partial charge in [-0.2, -0.15) is 0 Å². The summed E-state index contributed by atoms with van der Waals surface area (Å²) in [6.07, 6.45) is 1.31. The molecule has 1 amide bonds. The minimum absolute atomic E-state index is 0.0124. The van der Waals surface area contributed by atoms with Gasteiger partial charge in [0.05, 0.1) is 0 Å². The minimum Gasteiger partial charge on any atom is -0.349 e. The summed E-state index contributed by atoms with van der Waals surface area (Å²) in [5, 5.41) is 3.29. The van der Waals surface area contributed by atoms with Gasteiger partial charge in [-0.25, -0.2) is 13.2 Å². The molecule has 27 heavy (non-hydrogen) atoms. The summed E-state index contributed by atoms with van der Waals surface area (Å²) in [5.41, 5.74) is 1.31. The summed E-state index contributed by atoms with van der Waals surface area (Å²) in [5.74, 6) is -1.73. The Morgan fingerprint density at radius 2 is 1.70 bits per heavy atom. The van der Waals surface area contributed by atoms with E-state index in [9.17, 15) is 18.0 Å². The molecule has 2 aromatic carbocycles. The number of nitrogens with one attached hydrogen (secondary N) is 1. The van der Waals surface area contributed by atoms with Crippen molar-refractivity contribution in [1.82, 2.24) is 10.2 Å². The standard InChI is InChI=1S/C21H23F3N2O/c1-26(2)21(27)19-11-17(10-18(19)13-3-6-15(22)7-4-13)25-12-14-5-8-16(23)9-20(14)24/h3-9,17-19,25H,10-12H2,1-2H3/t17-,18+,19-/m0/s1. The molecule has 0 aliphatic heterocycles. The van der Waals surface area contributed by atoms with Crippen LogP contribution in [0.2, 0.25) is 0 Å². The second-order valence-corrected chi connectivity index (χ2v) is 7.28. The maximum absolute atomic E-state index is 13.8. The summed E-state index contributed by atoms with van der Waals surface area (Å²) in [4.78, 5) is 14.2. The Morgan fingerprint density at radius 3 is 2.33 bits per heavy atom. The van der Waals surface area contributed by atoms with E-state index in [2.05, 4.69) is 5.32 Å². The Kier molecular flexibility index (Phi) is 5.85. The van der Waals surface area contributed by atoms with Gasteiger partial charge < -0.3 is 10.2 Å². The van der Waals surface area contributed by atoms with Crippen molar-refractivity contribution < 1.29 is 18.0 Å². The van der Waals surface area contributed by atoms with Crippen molar-refractivity contribution in [2.24, 2.45) is 5.92 Å².